The molecule has 0 unspecified atom stereocenters. The second-order valence-electron chi connectivity index (χ2n) is 4.61. The van der Waals surface area contributed by atoms with Crippen LogP contribution in [0.2, 0.25) is 0 Å². The van der Waals surface area contributed by atoms with Gasteiger partial charge in [-0.15, -0.1) is 0 Å². The molecular weight excluding hydrogens is 292 g/mol. The fourth-order valence-corrected chi connectivity index (χ4v) is 2.81. The standard InChI is InChI=1S/C13H24N4O3S/c1-5-17(21(4,18)19)9-7-8-14-12-10-13(20-6-2)16-11(3)15-12/h10H,5-9H2,1-4H3,(H,14,15,16). The van der Waals surface area contributed by atoms with Crippen molar-refractivity contribution in [3.63, 3.8) is 0 Å². The maximum absolute atomic E-state index is 11.5. The van der Waals surface area contributed by atoms with Crippen LogP contribution in [0.4, 0.5) is 5.82 Å². The summed E-state index contributed by atoms with van der Waals surface area (Å²) in [7, 11) is -3.12. The highest BCUT2D eigenvalue weighted by Gasteiger charge is 2.13. The second-order valence-corrected chi connectivity index (χ2v) is 6.59. The molecule has 0 saturated carbocycles. The predicted molar refractivity (Wildman–Crippen MR) is 83.1 cm³/mol. The molecule has 0 radical (unpaired) electrons. The first kappa shape index (κ1) is 17.6. The summed E-state index contributed by atoms with van der Waals surface area (Å²) in [4.78, 5) is 8.43. The van der Waals surface area contributed by atoms with Gasteiger partial charge in [0.25, 0.3) is 0 Å². The lowest BCUT2D eigenvalue weighted by atomic mass is 10.4. The van der Waals surface area contributed by atoms with E-state index in [-0.39, 0.29) is 0 Å². The average molecular weight is 316 g/mol. The Hall–Kier alpha value is -1.41. The Morgan fingerprint density at radius 1 is 1.33 bits per heavy atom. The lowest BCUT2D eigenvalue weighted by Crippen LogP contribution is -2.31. The average Bonchev–Trinajstić information content (AvgIpc) is 2.37. The van der Waals surface area contributed by atoms with Crippen molar-refractivity contribution in [3.8, 4) is 5.88 Å². The number of sulfonamides is 1. The van der Waals surface area contributed by atoms with Gasteiger partial charge in [-0.2, -0.15) is 4.98 Å². The van der Waals surface area contributed by atoms with Gasteiger partial charge in [-0.05, 0) is 20.3 Å². The van der Waals surface area contributed by atoms with E-state index < -0.39 is 10.0 Å². The van der Waals surface area contributed by atoms with Gasteiger partial charge in [-0.3, -0.25) is 0 Å². The topological polar surface area (TPSA) is 84.4 Å². The maximum atomic E-state index is 11.5. The summed E-state index contributed by atoms with van der Waals surface area (Å²) in [6, 6.07) is 1.74. The van der Waals surface area contributed by atoms with Gasteiger partial charge in [0.1, 0.15) is 11.6 Å². The highest BCUT2D eigenvalue weighted by molar-refractivity contribution is 7.88. The van der Waals surface area contributed by atoms with Crippen LogP contribution in [0.3, 0.4) is 0 Å². The number of aryl methyl sites for hydroxylation is 1. The molecule has 8 heteroatoms. The van der Waals surface area contributed by atoms with Crippen molar-refractivity contribution in [1.29, 1.82) is 0 Å². The van der Waals surface area contributed by atoms with E-state index in [2.05, 4.69) is 15.3 Å². The number of hydrogen-bond donors (Lipinski definition) is 1. The third kappa shape index (κ3) is 6.26. The number of rotatable bonds is 9. The maximum Gasteiger partial charge on any atom is 0.218 e. The molecular formula is C13H24N4O3S. The van der Waals surface area contributed by atoms with E-state index in [1.165, 1.54) is 10.6 Å². The molecule has 0 atom stereocenters. The third-order valence-corrected chi connectivity index (χ3v) is 4.20. The number of aromatic nitrogens is 2. The Morgan fingerprint density at radius 3 is 2.62 bits per heavy atom. The summed E-state index contributed by atoms with van der Waals surface area (Å²) in [5, 5.41) is 3.16. The fourth-order valence-electron chi connectivity index (χ4n) is 1.88. The van der Waals surface area contributed by atoms with Crippen LogP contribution in [-0.2, 0) is 10.0 Å². The highest BCUT2D eigenvalue weighted by Crippen LogP contribution is 2.13. The van der Waals surface area contributed by atoms with Crippen molar-refractivity contribution >= 4 is 15.8 Å². The van der Waals surface area contributed by atoms with Gasteiger partial charge in [0.05, 0.1) is 12.9 Å². The van der Waals surface area contributed by atoms with Crippen molar-refractivity contribution < 1.29 is 13.2 Å². The van der Waals surface area contributed by atoms with E-state index in [0.717, 1.165) is 0 Å². The number of nitrogens with one attached hydrogen (secondary N) is 1. The van der Waals surface area contributed by atoms with Crippen LogP contribution in [0.5, 0.6) is 5.88 Å². The molecule has 21 heavy (non-hydrogen) atoms. The molecule has 0 spiro atoms. The van der Waals surface area contributed by atoms with E-state index in [0.29, 0.717) is 50.2 Å². The van der Waals surface area contributed by atoms with Crippen LogP contribution in [0.15, 0.2) is 6.07 Å². The molecule has 120 valence electrons. The van der Waals surface area contributed by atoms with Crippen molar-refractivity contribution in [1.82, 2.24) is 14.3 Å². The van der Waals surface area contributed by atoms with Gasteiger partial charge in [-0.25, -0.2) is 17.7 Å². The van der Waals surface area contributed by atoms with E-state index in [1.807, 2.05) is 13.8 Å². The Labute approximate surface area is 126 Å². The van der Waals surface area contributed by atoms with E-state index in [1.54, 1.807) is 13.0 Å². The zero-order valence-electron chi connectivity index (χ0n) is 13.1. The molecule has 1 heterocycles. The smallest absolute Gasteiger partial charge is 0.218 e. The van der Waals surface area contributed by atoms with Gasteiger partial charge in [0.2, 0.25) is 15.9 Å². The third-order valence-electron chi connectivity index (χ3n) is 2.82. The van der Waals surface area contributed by atoms with Crippen LogP contribution in [0.1, 0.15) is 26.1 Å². The van der Waals surface area contributed by atoms with Gasteiger partial charge < -0.3 is 10.1 Å². The predicted octanol–water partition coefficient (Wildman–Crippen LogP) is 1.27. The molecule has 0 saturated heterocycles. The molecule has 0 aliphatic rings. The fraction of sp³-hybridized carbons (Fsp3) is 0.692. The summed E-state index contributed by atoms with van der Waals surface area (Å²) in [5.41, 5.74) is 0. The SMILES string of the molecule is CCOc1cc(NCCCN(CC)S(C)(=O)=O)nc(C)n1. The van der Waals surface area contributed by atoms with Crippen LogP contribution in [0, 0.1) is 6.92 Å². The van der Waals surface area contributed by atoms with Crippen molar-refractivity contribution in [2.24, 2.45) is 0 Å². The molecule has 0 aromatic carbocycles. The molecule has 0 aliphatic heterocycles. The molecule has 0 aliphatic carbocycles. The lowest BCUT2D eigenvalue weighted by Gasteiger charge is -2.17. The molecule has 0 fully saturated rings. The zero-order chi connectivity index (χ0) is 15.9. The van der Waals surface area contributed by atoms with Crippen LogP contribution in [-0.4, -0.2) is 55.2 Å². The van der Waals surface area contributed by atoms with Crippen molar-refractivity contribution in [2.45, 2.75) is 27.2 Å². The summed E-state index contributed by atoms with van der Waals surface area (Å²) < 4.78 is 29.7. The highest BCUT2D eigenvalue weighted by atomic mass is 32.2. The quantitative estimate of drug-likeness (QED) is 0.691. The van der Waals surface area contributed by atoms with E-state index in [4.69, 9.17) is 4.74 Å². The molecule has 7 nitrogen and oxygen atoms in total. The Balaban J connectivity index is 2.49. The largest absolute Gasteiger partial charge is 0.478 e. The lowest BCUT2D eigenvalue weighted by molar-refractivity contribution is 0.325. The molecule has 1 aromatic heterocycles. The summed E-state index contributed by atoms with van der Waals surface area (Å²) in [6.45, 7) is 7.69. The first-order valence-electron chi connectivity index (χ1n) is 7.04. The number of anilines is 1. The Bertz CT molecular complexity index is 548. The number of hydrogen-bond acceptors (Lipinski definition) is 6. The summed E-state index contributed by atoms with van der Waals surface area (Å²) in [6.07, 6.45) is 1.93. The molecule has 0 amide bonds. The number of ether oxygens (including phenoxy) is 1. The van der Waals surface area contributed by atoms with Gasteiger partial charge in [0, 0.05) is 25.7 Å². The van der Waals surface area contributed by atoms with Crippen molar-refractivity contribution in [3.05, 3.63) is 11.9 Å². The molecule has 1 aromatic rings. The van der Waals surface area contributed by atoms with Gasteiger partial charge >= 0.3 is 0 Å². The first-order chi connectivity index (χ1) is 9.86. The Morgan fingerprint density at radius 2 is 2.05 bits per heavy atom. The summed E-state index contributed by atoms with van der Waals surface area (Å²) in [5.74, 6) is 1.86. The van der Waals surface area contributed by atoms with Gasteiger partial charge in [0.15, 0.2) is 0 Å². The van der Waals surface area contributed by atoms with E-state index >= 15 is 0 Å². The minimum absolute atomic E-state index is 0.486. The zero-order valence-corrected chi connectivity index (χ0v) is 13.9. The number of nitrogens with zero attached hydrogens (tertiary/aromatic N) is 3. The van der Waals surface area contributed by atoms with Crippen LogP contribution in [0.25, 0.3) is 0 Å². The molecule has 1 rings (SSSR count). The minimum Gasteiger partial charge on any atom is -0.478 e. The van der Waals surface area contributed by atoms with Crippen molar-refractivity contribution in [2.75, 3.05) is 37.8 Å². The second kappa shape index (κ2) is 8.14. The first-order valence-corrected chi connectivity index (χ1v) is 8.89. The normalized spacial score (nSPS) is 11.7. The van der Waals surface area contributed by atoms with Crippen LogP contribution < -0.4 is 10.1 Å². The monoisotopic (exact) mass is 316 g/mol. The molecule has 0 bridgehead atoms. The minimum atomic E-state index is -3.12. The van der Waals surface area contributed by atoms with Crippen LogP contribution >= 0.6 is 0 Å². The molecule has 1 N–H and O–H groups in total. The van der Waals surface area contributed by atoms with E-state index in [9.17, 15) is 8.42 Å². The Kier molecular flexibility index (Phi) is 6.83. The summed E-state index contributed by atoms with van der Waals surface area (Å²) >= 11 is 0. The van der Waals surface area contributed by atoms with Gasteiger partial charge in [-0.1, -0.05) is 6.92 Å².